The molecule has 0 aliphatic heterocycles. The first kappa shape index (κ1) is 12.7. The van der Waals surface area contributed by atoms with Gasteiger partial charge in [0.25, 0.3) is 0 Å². The first-order valence-electron chi connectivity index (χ1n) is 6.18. The largest absolute Gasteiger partial charge is 0.265 e. The molecule has 4 nitrogen and oxygen atoms in total. The summed E-state index contributed by atoms with van der Waals surface area (Å²) in [4.78, 5) is 8.08. The molecule has 0 saturated heterocycles. The normalized spacial score (nSPS) is 10.4. The molecular weight excluding hydrogens is 268 g/mol. The lowest BCUT2D eigenvalue weighted by atomic mass is 10.2. The van der Waals surface area contributed by atoms with Gasteiger partial charge in [0.05, 0.1) is 5.69 Å². The third-order valence-electron chi connectivity index (χ3n) is 2.73. The van der Waals surface area contributed by atoms with Crippen LogP contribution in [0, 0.1) is 0 Å². The summed E-state index contributed by atoms with van der Waals surface area (Å²) in [5.41, 5.74) is 3.04. The van der Waals surface area contributed by atoms with Gasteiger partial charge in [-0.05, 0) is 42.0 Å². The van der Waals surface area contributed by atoms with E-state index in [0.717, 1.165) is 22.0 Å². The lowest BCUT2D eigenvalue weighted by Crippen LogP contribution is -1.90. The molecule has 0 N–H and O–H groups in total. The first-order valence-corrected chi connectivity index (χ1v) is 7.16. The molecule has 0 spiro atoms. The Morgan fingerprint density at radius 2 is 1.75 bits per heavy atom. The smallest absolute Gasteiger partial charge is 0.119 e. The maximum Gasteiger partial charge on any atom is 0.119 e. The lowest BCUT2D eigenvalue weighted by Gasteiger charge is -2.02. The van der Waals surface area contributed by atoms with Crippen LogP contribution in [-0.2, 0) is 5.75 Å². The molecule has 3 rings (SSSR count). The highest BCUT2D eigenvalue weighted by Crippen LogP contribution is 2.22. The fraction of sp³-hybridized carbons (Fsp3) is 0.0667. The van der Waals surface area contributed by atoms with Gasteiger partial charge in [0.2, 0.25) is 0 Å². The predicted molar refractivity (Wildman–Crippen MR) is 79.1 cm³/mol. The van der Waals surface area contributed by atoms with Gasteiger partial charge in [-0.3, -0.25) is 9.97 Å². The van der Waals surface area contributed by atoms with Crippen molar-refractivity contribution in [1.29, 1.82) is 0 Å². The quantitative estimate of drug-likeness (QED) is 0.687. The lowest BCUT2D eigenvalue weighted by molar-refractivity contribution is 0.934. The van der Waals surface area contributed by atoms with Crippen molar-refractivity contribution in [2.24, 2.45) is 0 Å². The SMILES string of the molecule is c1cncc(-c2ccc(SCc3ccncc3)nn2)c1. The van der Waals surface area contributed by atoms with Gasteiger partial charge >= 0.3 is 0 Å². The van der Waals surface area contributed by atoms with Gasteiger partial charge in [-0.25, -0.2) is 0 Å². The third-order valence-corrected chi connectivity index (χ3v) is 3.72. The standard InChI is InChI=1S/C15H12N4S/c1-2-13(10-17-7-1)14-3-4-15(19-18-14)20-11-12-5-8-16-9-6-12/h1-10H,11H2. The number of hydrogen-bond acceptors (Lipinski definition) is 5. The zero-order valence-corrected chi connectivity index (χ0v) is 11.5. The Hall–Kier alpha value is -2.27. The van der Waals surface area contributed by atoms with Crippen LogP contribution in [0.5, 0.6) is 0 Å². The summed E-state index contributed by atoms with van der Waals surface area (Å²) >= 11 is 1.66. The van der Waals surface area contributed by atoms with Gasteiger partial charge in [0, 0.05) is 36.1 Å². The Labute approximate surface area is 121 Å². The maximum absolute atomic E-state index is 4.24. The molecule has 0 unspecified atom stereocenters. The minimum absolute atomic E-state index is 0.839. The number of rotatable bonds is 4. The molecule has 0 aliphatic rings. The fourth-order valence-electron chi connectivity index (χ4n) is 1.70. The van der Waals surface area contributed by atoms with Gasteiger partial charge in [0.15, 0.2) is 0 Å². The molecule has 3 aromatic heterocycles. The van der Waals surface area contributed by atoms with Crippen LogP contribution in [0.15, 0.2) is 66.2 Å². The predicted octanol–water partition coefficient (Wildman–Crippen LogP) is 3.23. The highest BCUT2D eigenvalue weighted by atomic mass is 32.2. The zero-order valence-electron chi connectivity index (χ0n) is 10.7. The topological polar surface area (TPSA) is 51.6 Å². The van der Waals surface area contributed by atoms with Gasteiger partial charge < -0.3 is 0 Å². The second-order valence-corrected chi connectivity index (χ2v) is 5.14. The van der Waals surface area contributed by atoms with E-state index >= 15 is 0 Å². The van der Waals surface area contributed by atoms with Crippen LogP contribution < -0.4 is 0 Å². The van der Waals surface area contributed by atoms with E-state index < -0.39 is 0 Å². The van der Waals surface area contributed by atoms with Crippen LogP contribution in [0.4, 0.5) is 0 Å². The molecule has 98 valence electrons. The average Bonchev–Trinajstić information content (AvgIpc) is 2.55. The summed E-state index contributed by atoms with van der Waals surface area (Å²) < 4.78 is 0. The average molecular weight is 280 g/mol. The third kappa shape index (κ3) is 3.19. The Kier molecular flexibility index (Phi) is 3.99. The van der Waals surface area contributed by atoms with E-state index in [4.69, 9.17) is 0 Å². The first-order chi connectivity index (χ1) is 9.92. The van der Waals surface area contributed by atoms with Crippen LogP contribution in [-0.4, -0.2) is 20.2 Å². The molecule has 0 amide bonds. The Bertz CT molecular complexity index is 656. The van der Waals surface area contributed by atoms with Crippen LogP contribution in [0.3, 0.4) is 0 Å². The van der Waals surface area contributed by atoms with E-state index in [0.29, 0.717) is 0 Å². The second-order valence-electron chi connectivity index (χ2n) is 4.14. The monoisotopic (exact) mass is 280 g/mol. The second kappa shape index (κ2) is 6.25. The van der Waals surface area contributed by atoms with Crippen molar-refractivity contribution in [3.63, 3.8) is 0 Å². The van der Waals surface area contributed by atoms with Crippen molar-refractivity contribution in [2.45, 2.75) is 10.8 Å². The number of thioether (sulfide) groups is 1. The molecule has 3 aromatic rings. The maximum atomic E-state index is 4.24. The molecule has 0 aliphatic carbocycles. The van der Waals surface area contributed by atoms with E-state index in [1.807, 2.05) is 36.4 Å². The highest BCUT2D eigenvalue weighted by molar-refractivity contribution is 7.98. The van der Waals surface area contributed by atoms with E-state index in [2.05, 4.69) is 20.2 Å². The van der Waals surface area contributed by atoms with Crippen molar-refractivity contribution < 1.29 is 0 Å². The fourth-order valence-corrected chi connectivity index (χ4v) is 2.47. The molecule has 0 atom stereocenters. The van der Waals surface area contributed by atoms with E-state index in [1.165, 1.54) is 5.56 Å². The Balaban J connectivity index is 1.68. The summed E-state index contributed by atoms with van der Waals surface area (Å²) in [5, 5.41) is 9.39. The van der Waals surface area contributed by atoms with Crippen LogP contribution in [0.1, 0.15) is 5.56 Å². The summed E-state index contributed by atoms with van der Waals surface area (Å²) in [6, 6.07) is 11.8. The van der Waals surface area contributed by atoms with Crippen LogP contribution in [0.2, 0.25) is 0 Å². The van der Waals surface area contributed by atoms with Gasteiger partial charge in [-0.2, -0.15) is 0 Å². The van der Waals surface area contributed by atoms with Crippen molar-refractivity contribution in [2.75, 3.05) is 0 Å². The van der Waals surface area contributed by atoms with E-state index in [-0.39, 0.29) is 0 Å². The Morgan fingerprint density at radius 3 is 2.45 bits per heavy atom. The van der Waals surface area contributed by atoms with Crippen molar-refractivity contribution in [3.05, 3.63) is 66.7 Å². The molecule has 0 aromatic carbocycles. The van der Waals surface area contributed by atoms with E-state index in [9.17, 15) is 0 Å². The minimum atomic E-state index is 0.839. The van der Waals surface area contributed by atoms with Crippen LogP contribution in [0.25, 0.3) is 11.3 Å². The summed E-state index contributed by atoms with van der Waals surface area (Å²) in [6.07, 6.45) is 7.13. The Morgan fingerprint density at radius 1 is 0.850 bits per heavy atom. The van der Waals surface area contributed by atoms with Crippen molar-refractivity contribution in [3.8, 4) is 11.3 Å². The number of nitrogens with zero attached hydrogens (tertiary/aromatic N) is 4. The molecular formula is C15H12N4S. The highest BCUT2D eigenvalue weighted by Gasteiger charge is 2.02. The van der Waals surface area contributed by atoms with Gasteiger partial charge in [0.1, 0.15) is 5.03 Å². The summed E-state index contributed by atoms with van der Waals surface area (Å²) in [7, 11) is 0. The number of hydrogen-bond donors (Lipinski definition) is 0. The van der Waals surface area contributed by atoms with Crippen molar-refractivity contribution in [1.82, 2.24) is 20.2 Å². The molecule has 0 bridgehead atoms. The molecule has 20 heavy (non-hydrogen) atoms. The molecule has 0 fully saturated rings. The van der Waals surface area contributed by atoms with Gasteiger partial charge in [-0.15, -0.1) is 10.2 Å². The molecule has 0 radical (unpaired) electrons. The number of pyridine rings is 2. The summed E-state index contributed by atoms with van der Waals surface area (Å²) in [6.45, 7) is 0. The van der Waals surface area contributed by atoms with Crippen molar-refractivity contribution >= 4 is 11.8 Å². The number of aromatic nitrogens is 4. The molecule has 0 saturated carbocycles. The summed E-state index contributed by atoms with van der Waals surface area (Å²) in [5.74, 6) is 0.865. The molecule has 3 heterocycles. The minimum Gasteiger partial charge on any atom is -0.265 e. The van der Waals surface area contributed by atoms with Gasteiger partial charge in [-0.1, -0.05) is 11.8 Å². The zero-order chi connectivity index (χ0) is 13.6. The van der Waals surface area contributed by atoms with Crippen LogP contribution >= 0.6 is 11.8 Å². The van der Waals surface area contributed by atoms with E-state index in [1.54, 1.807) is 36.5 Å². The molecule has 5 heteroatoms.